The summed E-state index contributed by atoms with van der Waals surface area (Å²) in [7, 11) is 1.91. The number of likely N-dealkylation sites (N-methyl/N-ethyl adjacent to an activating group) is 1. The first kappa shape index (κ1) is 10.8. The quantitative estimate of drug-likeness (QED) is 0.732. The fourth-order valence-electron chi connectivity index (χ4n) is 3.24. The Hall–Kier alpha value is -1.35. The molecular weight excluding hydrogens is 212 g/mol. The summed E-state index contributed by atoms with van der Waals surface area (Å²) in [4.78, 5) is 16.6. The zero-order chi connectivity index (χ0) is 12.0. The number of amides is 1. The summed E-state index contributed by atoms with van der Waals surface area (Å²) in [6.45, 7) is 3.79. The molecule has 0 unspecified atom stereocenters. The molecule has 3 heteroatoms. The first-order valence-electron chi connectivity index (χ1n) is 6.25. The minimum atomic E-state index is -0.275. The number of rotatable bonds is 1. The zero-order valence-electron chi connectivity index (χ0n) is 10.4. The number of benzene rings is 1. The number of nitrogens with zero attached hydrogens (tertiary/aromatic N) is 2. The molecule has 2 heterocycles. The number of carbonyl (C=O) groups is 1. The number of carbonyl (C=O) groups excluding carboxylic acids is 1. The van der Waals surface area contributed by atoms with E-state index in [1.807, 2.05) is 11.9 Å². The van der Waals surface area contributed by atoms with Crippen molar-refractivity contribution in [3.05, 3.63) is 35.4 Å². The Labute approximate surface area is 102 Å². The molecule has 1 saturated heterocycles. The predicted molar refractivity (Wildman–Crippen MR) is 66.3 cm³/mol. The second kappa shape index (κ2) is 3.57. The van der Waals surface area contributed by atoms with E-state index in [1.54, 1.807) is 0 Å². The molecule has 0 radical (unpaired) electrons. The highest BCUT2D eigenvalue weighted by Crippen LogP contribution is 2.38. The Kier molecular flexibility index (Phi) is 2.26. The number of hydrogen-bond acceptors (Lipinski definition) is 2. The molecule has 0 aliphatic carbocycles. The normalized spacial score (nSPS) is 28.1. The van der Waals surface area contributed by atoms with E-state index in [1.165, 1.54) is 11.1 Å². The van der Waals surface area contributed by atoms with Gasteiger partial charge in [0.2, 0.25) is 5.91 Å². The standard InChI is InChI=1S/C14H18N2O/c1-3-14-8-11-6-4-5-7-12(11)9-16(14)10-15(2)13(14)17/h4-7H,3,8-10H2,1-2H3/t14-/m1/s1. The molecule has 0 bridgehead atoms. The second-order valence-electron chi connectivity index (χ2n) is 5.17. The van der Waals surface area contributed by atoms with E-state index in [-0.39, 0.29) is 11.4 Å². The van der Waals surface area contributed by atoms with E-state index in [9.17, 15) is 4.79 Å². The molecule has 2 aliphatic rings. The lowest BCUT2D eigenvalue weighted by Gasteiger charge is -2.39. The molecular formula is C14H18N2O. The van der Waals surface area contributed by atoms with Crippen LogP contribution in [-0.2, 0) is 17.8 Å². The topological polar surface area (TPSA) is 23.6 Å². The van der Waals surface area contributed by atoms with E-state index in [2.05, 4.69) is 36.1 Å². The molecule has 0 N–H and O–H groups in total. The van der Waals surface area contributed by atoms with E-state index in [4.69, 9.17) is 0 Å². The minimum absolute atomic E-state index is 0.275. The summed E-state index contributed by atoms with van der Waals surface area (Å²) in [5.41, 5.74) is 2.44. The van der Waals surface area contributed by atoms with Gasteiger partial charge in [0, 0.05) is 20.0 Å². The third-order valence-corrected chi connectivity index (χ3v) is 4.28. The number of fused-ring (bicyclic) bond motifs is 2. The third kappa shape index (κ3) is 1.35. The first-order valence-corrected chi connectivity index (χ1v) is 6.25. The SMILES string of the molecule is CC[C@]12Cc3ccccc3CN1CN(C)C2=O. The van der Waals surface area contributed by atoms with Crippen LogP contribution in [0.4, 0.5) is 0 Å². The van der Waals surface area contributed by atoms with Crippen LogP contribution in [0.3, 0.4) is 0 Å². The fraction of sp³-hybridized carbons (Fsp3) is 0.500. The second-order valence-corrected chi connectivity index (χ2v) is 5.17. The number of hydrogen-bond donors (Lipinski definition) is 0. The van der Waals surface area contributed by atoms with Gasteiger partial charge in [-0.3, -0.25) is 9.69 Å². The van der Waals surface area contributed by atoms with Crippen LogP contribution in [-0.4, -0.2) is 35.0 Å². The van der Waals surface area contributed by atoms with Crippen molar-refractivity contribution in [3.8, 4) is 0 Å². The molecule has 1 amide bonds. The molecule has 3 nitrogen and oxygen atoms in total. The predicted octanol–water partition coefficient (Wildman–Crippen LogP) is 1.62. The smallest absolute Gasteiger partial charge is 0.244 e. The van der Waals surface area contributed by atoms with Crippen molar-refractivity contribution in [2.45, 2.75) is 31.8 Å². The maximum Gasteiger partial charge on any atom is 0.244 e. The molecule has 90 valence electrons. The van der Waals surface area contributed by atoms with Gasteiger partial charge in [0.25, 0.3) is 0 Å². The summed E-state index contributed by atoms with van der Waals surface area (Å²) in [6, 6.07) is 8.49. The Morgan fingerprint density at radius 3 is 2.71 bits per heavy atom. The molecule has 2 aliphatic heterocycles. The van der Waals surface area contributed by atoms with Gasteiger partial charge in [0.05, 0.1) is 6.67 Å². The molecule has 3 rings (SSSR count). The lowest BCUT2D eigenvalue weighted by molar-refractivity contribution is -0.133. The average molecular weight is 230 g/mol. The highest BCUT2D eigenvalue weighted by molar-refractivity contribution is 5.88. The van der Waals surface area contributed by atoms with Crippen LogP contribution in [0, 0.1) is 0 Å². The van der Waals surface area contributed by atoms with Gasteiger partial charge in [-0.15, -0.1) is 0 Å². The van der Waals surface area contributed by atoms with E-state index >= 15 is 0 Å². The van der Waals surface area contributed by atoms with Crippen LogP contribution in [0.2, 0.25) is 0 Å². The van der Waals surface area contributed by atoms with Gasteiger partial charge in [-0.1, -0.05) is 31.2 Å². The Balaban J connectivity index is 2.06. The van der Waals surface area contributed by atoms with Gasteiger partial charge >= 0.3 is 0 Å². The average Bonchev–Trinajstić information content (AvgIpc) is 2.59. The maximum absolute atomic E-state index is 12.4. The summed E-state index contributed by atoms with van der Waals surface area (Å²) in [6.07, 6.45) is 1.76. The van der Waals surface area contributed by atoms with Crippen molar-refractivity contribution in [1.82, 2.24) is 9.80 Å². The highest BCUT2D eigenvalue weighted by Gasteiger charge is 2.51. The Morgan fingerprint density at radius 2 is 2.00 bits per heavy atom. The third-order valence-electron chi connectivity index (χ3n) is 4.28. The van der Waals surface area contributed by atoms with Crippen LogP contribution in [0.5, 0.6) is 0 Å². The first-order chi connectivity index (χ1) is 8.17. The van der Waals surface area contributed by atoms with Crippen molar-refractivity contribution in [1.29, 1.82) is 0 Å². The molecule has 1 atom stereocenters. The summed E-state index contributed by atoms with van der Waals surface area (Å²) in [5, 5.41) is 0. The van der Waals surface area contributed by atoms with Crippen LogP contribution in [0.15, 0.2) is 24.3 Å². The van der Waals surface area contributed by atoms with Crippen LogP contribution in [0.1, 0.15) is 24.5 Å². The Morgan fingerprint density at radius 1 is 1.29 bits per heavy atom. The summed E-state index contributed by atoms with van der Waals surface area (Å²) >= 11 is 0. The van der Waals surface area contributed by atoms with Gasteiger partial charge < -0.3 is 4.90 Å². The molecule has 0 spiro atoms. The van der Waals surface area contributed by atoms with Crippen LogP contribution in [0.25, 0.3) is 0 Å². The summed E-state index contributed by atoms with van der Waals surface area (Å²) in [5.74, 6) is 0.287. The molecule has 1 aromatic rings. The van der Waals surface area contributed by atoms with Gasteiger partial charge in [-0.25, -0.2) is 0 Å². The van der Waals surface area contributed by atoms with Crippen molar-refractivity contribution < 1.29 is 4.79 Å². The van der Waals surface area contributed by atoms with Gasteiger partial charge in [0.15, 0.2) is 0 Å². The highest BCUT2D eigenvalue weighted by atomic mass is 16.2. The van der Waals surface area contributed by atoms with Gasteiger partial charge in [-0.2, -0.15) is 0 Å². The largest absolute Gasteiger partial charge is 0.331 e. The van der Waals surface area contributed by atoms with E-state index in [0.717, 1.165) is 26.1 Å². The van der Waals surface area contributed by atoms with E-state index < -0.39 is 0 Å². The molecule has 1 aromatic carbocycles. The molecule has 0 aromatic heterocycles. The van der Waals surface area contributed by atoms with Crippen LogP contribution < -0.4 is 0 Å². The molecule has 17 heavy (non-hydrogen) atoms. The lowest BCUT2D eigenvalue weighted by atomic mass is 9.81. The zero-order valence-corrected chi connectivity index (χ0v) is 10.4. The van der Waals surface area contributed by atoms with Crippen LogP contribution >= 0.6 is 0 Å². The van der Waals surface area contributed by atoms with Gasteiger partial charge in [0.1, 0.15) is 5.54 Å². The summed E-state index contributed by atoms with van der Waals surface area (Å²) < 4.78 is 0. The van der Waals surface area contributed by atoms with Crippen molar-refractivity contribution in [2.75, 3.05) is 13.7 Å². The molecule has 0 saturated carbocycles. The monoisotopic (exact) mass is 230 g/mol. The van der Waals surface area contributed by atoms with Gasteiger partial charge in [-0.05, 0) is 17.5 Å². The Bertz CT molecular complexity index is 471. The van der Waals surface area contributed by atoms with Crippen molar-refractivity contribution in [3.63, 3.8) is 0 Å². The maximum atomic E-state index is 12.4. The fourth-order valence-corrected chi connectivity index (χ4v) is 3.24. The van der Waals surface area contributed by atoms with E-state index in [0.29, 0.717) is 0 Å². The molecule has 1 fully saturated rings. The minimum Gasteiger partial charge on any atom is -0.331 e. The lowest BCUT2D eigenvalue weighted by Crippen LogP contribution is -2.52. The van der Waals surface area contributed by atoms with Crippen molar-refractivity contribution >= 4 is 5.91 Å². The van der Waals surface area contributed by atoms with Crippen molar-refractivity contribution in [2.24, 2.45) is 0 Å².